The molecule has 0 aliphatic heterocycles. The van der Waals surface area contributed by atoms with Gasteiger partial charge in [-0.25, -0.2) is 0 Å². The number of rotatable bonds is 6. The minimum absolute atomic E-state index is 0.130. The molecular formula is C17H19NO2S. The fourth-order valence-corrected chi connectivity index (χ4v) is 3.51. The molecular weight excluding hydrogens is 282 g/mol. The second-order valence-corrected chi connectivity index (χ2v) is 6.32. The zero-order valence-corrected chi connectivity index (χ0v) is 12.9. The molecule has 2 aromatic rings. The first-order valence-corrected chi connectivity index (χ1v) is 8.10. The van der Waals surface area contributed by atoms with Crippen molar-refractivity contribution in [1.82, 2.24) is 5.32 Å². The number of hydrogen-bond donors (Lipinski definition) is 1. The van der Waals surface area contributed by atoms with E-state index in [2.05, 4.69) is 22.8 Å². The molecule has 1 aliphatic carbocycles. The van der Waals surface area contributed by atoms with E-state index in [1.165, 1.54) is 4.88 Å². The van der Waals surface area contributed by atoms with Gasteiger partial charge in [-0.15, -0.1) is 11.3 Å². The lowest BCUT2D eigenvalue weighted by Gasteiger charge is -2.08. The third-order valence-electron chi connectivity index (χ3n) is 3.86. The highest BCUT2D eigenvalue weighted by atomic mass is 32.1. The SMILES string of the molecule is COc1ccccc1CCC(=O)NC1CC1c1cccs1. The van der Waals surface area contributed by atoms with Crippen LogP contribution in [0.1, 0.15) is 29.2 Å². The summed E-state index contributed by atoms with van der Waals surface area (Å²) >= 11 is 1.77. The number of carbonyl (C=O) groups is 1. The predicted octanol–water partition coefficient (Wildman–Crippen LogP) is 3.36. The van der Waals surface area contributed by atoms with Crippen molar-refractivity contribution in [2.45, 2.75) is 31.2 Å². The largest absolute Gasteiger partial charge is 0.496 e. The summed E-state index contributed by atoms with van der Waals surface area (Å²) < 4.78 is 5.31. The summed E-state index contributed by atoms with van der Waals surface area (Å²) in [4.78, 5) is 13.4. The number of benzene rings is 1. The molecule has 1 fully saturated rings. The van der Waals surface area contributed by atoms with Crippen LogP contribution in [0.25, 0.3) is 0 Å². The van der Waals surface area contributed by atoms with Gasteiger partial charge in [0.15, 0.2) is 0 Å². The van der Waals surface area contributed by atoms with Crippen molar-refractivity contribution in [3.05, 3.63) is 52.2 Å². The monoisotopic (exact) mass is 301 g/mol. The van der Waals surface area contributed by atoms with E-state index in [0.29, 0.717) is 24.8 Å². The van der Waals surface area contributed by atoms with Gasteiger partial charge in [0.1, 0.15) is 5.75 Å². The van der Waals surface area contributed by atoms with Crippen molar-refractivity contribution in [3.8, 4) is 5.75 Å². The van der Waals surface area contributed by atoms with Crippen LogP contribution in [0, 0.1) is 0 Å². The van der Waals surface area contributed by atoms with Crippen molar-refractivity contribution in [2.24, 2.45) is 0 Å². The number of aryl methyl sites for hydroxylation is 1. The molecule has 1 aromatic carbocycles. The number of carbonyl (C=O) groups excluding carboxylic acids is 1. The molecule has 1 aromatic heterocycles. The molecule has 1 saturated carbocycles. The molecule has 0 bridgehead atoms. The zero-order chi connectivity index (χ0) is 14.7. The van der Waals surface area contributed by atoms with Gasteiger partial charge < -0.3 is 10.1 Å². The third-order valence-corrected chi connectivity index (χ3v) is 4.86. The van der Waals surface area contributed by atoms with Gasteiger partial charge >= 0.3 is 0 Å². The number of nitrogens with one attached hydrogen (secondary N) is 1. The second kappa shape index (κ2) is 6.31. The lowest BCUT2D eigenvalue weighted by Crippen LogP contribution is -2.26. The van der Waals surface area contributed by atoms with Crippen LogP contribution in [0.15, 0.2) is 41.8 Å². The number of hydrogen-bond acceptors (Lipinski definition) is 3. The predicted molar refractivity (Wildman–Crippen MR) is 84.9 cm³/mol. The molecule has 1 amide bonds. The number of para-hydroxylation sites is 1. The lowest BCUT2D eigenvalue weighted by molar-refractivity contribution is -0.121. The van der Waals surface area contributed by atoms with Gasteiger partial charge in [-0.1, -0.05) is 24.3 Å². The van der Waals surface area contributed by atoms with Crippen LogP contribution in [0.5, 0.6) is 5.75 Å². The van der Waals surface area contributed by atoms with E-state index in [4.69, 9.17) is 4.74 Å². The Hall–Kier alpha value is -1.81. The lowest BCUT2D eigenvalue weighted by atomic mass is 10.1. The maximum Gasteiger partial charge on any atom is 0.220 e. The third kappa shape index (κ3) is 3.45. The molecule has 0 radical (unpaired) electrons. The fraction of sp³-hybridized carbons (Fsp3) is 0.353. The summed E-state index contributed by atoms with van der Waals surface area (Å²) in [7, 11) is 1.66. The number of ether oxygens (including phenoxy) is 1. The van der Waals surface area contributed by atoms with Crippen molar-refractivity contribution in [3.63, 3.8) is 0 Å². The summed E-state index contributed by atoms with van der Waals surface area (Å²) in [6.45, 7) is 0. The Kier molecular flexibility index (Phi) is 4.25. The maximum absolute atomic E-state index is 12.0. The molecule has 0 spiro atoms. The Bertz CT molecular complexity index is 609. The van der Waals surface area contributed by atoms with Gasteiger partial charge in [0.05, 0.1) is 7.11 Å². The first-order chi connectivity index (χ1) is 10.3. The van der Waals surface area contributed by atoms with Gasteiger partial charge in [0, 0.05) is 23.3 Å². The number of methoxy groups -OCH3 is 1. The quantitative estimate of drug-likeness (QED) is 0.888. The van der Waals surface area contributed by atoms with Crippen LogP contribution < -0.4 is 10.1 Å². The van der Waals surface area contributed by atoms with Crippen LogP contribution in [0.4, 0.5) is 0 Å². The topological polar surface area (TPSA) is 38.3 Å². The van der Waals surface area contributed by atoms with Crippen LogP contribution in [0.3, 0.4) is 0 Å². The first kappa shape index (κ1) is 14.1. The molecule has 3 nitrogen and oxygen atoms in total. The van der Waals surface area contributed by atoms with Crippen LogP contribution in [0.2, 0.25) is 0 Å². The molecule has 1 aliphatic rings. The van der Waals surface area contributed by atoms with Gasteiger partial charge in [0.2, 0.25) is 5.91 Å². The van der Waals surface area contributed by atoms with Crippen molar-refractivity contribution < 1.29 is 9.53 Å². The van der Waals surface area contributed by atoms with E-state index in [0.717, 1.165) is 17.7 Å². The first-order valence-electron chi connectivity index (χ1n) is 7.22. The fourth-order valence-electron chi connectivity index (χ4n) is 2.61. The number of thiophene rings is 1. The summed E-state index contributed by atoms with van der Waals surface area (Å²) in [5.41, 5.74) is 1.08. The average Bonchev–Trinajstić information content (AvgIpc) is 3.05. The number of amides is 1. The highest BCUT2D eigenvalue weighted by Gasteiger charge is 2.39. The van der Waals surface area contributed by atoms with Gasteiger partial charge in [0.25, 0.3) is 0 Å². The molecule has 4 heteroatoms. The van der Waals surface area contributed by atoms with E-state index in [1.54, 1.807) is 18.4 Å². The van der Waals surface area contributed by atoms with Crippen LogP contribution >= 0.6 is 11.3 Å². The van der Waals surface area contributed by atoms with Gasteiger partial charge in [-0.2, -0.15) is 0 Å². The standard InChI is InChI=1S/C17H19NO2S/c1-20-15-6-3-2-5-12(15)8-9-17(19)18-14-11-13(14)16-7-4-10-21-16/h2-7,10,13-14H,8-9,11H2,1H3,(H,18,19). The molecule has 1 N–H and O–H groups in total. The Morgan fingerprint density at radius 1 is 1.33 bits per heavy atom. The summed E-state index contributed by atoms with van der Waals surface area (Å²) in [6, 6.07) is 12.4. The van der Waals surface area contributed by atoms with Gasteiger partial charge in [-0.05, 0) is 35.9 Å². The molecule has 21 heavy (non-hydrogen) atoms. The average molecular weight is 301 g/mol. The van der Waals surface area contributed by atoms with E-state index in [9.17, 15) is 4.79 Å². The molecule has 1 heterocycles. The summed E-state index contributed by atoms with van der Waals surface area (Å²) in [6.07, 6.45) is 2.29. The van der Waals surface area contributed by atoms with E-state index in [-0.39, 0.29) is 5.91 Å². The highest BCUT2D eigenvalue weighted by molar-refractivity contribution is 7.10. The van der Waals surface area contributed by atoms with E-state index < -0.39 is 0 Å². The van der Waals surface area contributed by atoms with Gasteiger partial charge in [-0.3, -0.25) is 4.79 Å². The Labute approximate surface area is 129 Å². The van der Waals surface area contributed by atoms with Crippen molar-refractivity contribution in [1.29, 1.82) is 0 Å². The van der Waals surface area contributed by atoms with E-state index in [1.807, 2.05) is 24.3 Å². The minimum atomic E-state index is 0.130. The van der Waals surface area contributed by atoms with Crippen LogP contribution in [-0.4, -0.2) is 19.1 Å². The molecule has 0 saturated heterocycles. The van der Waals surface area contributed by atoms with Crippen molar-refractivity contribution >= 4 is 17.2 Å². The minimum Gasteiger partial charge on any atom is -0.496 e. The Morgan fingerprint density at radius 3 is 2.95 bits per heavy atom. The van der Waals surface area contributed by atoms with Crippen LogP contribution in [-0.2, 0) is 11.2 Å². The Balaban J connectivity index is 1.47. The highest BCUT2D eigenvalue weighted by Crippen LogP contribution is 2.42. The zero-order valence-electron chi connectivity index (χ0n) is 12.0. The Morgan fingerprint density at radius 2 is 2.19 bits per heavy atom. The summed E-state index contributed by atoms with van der Waals surface area (Å²) in [5.74, 6) is 1.51. The molecule has 3 rings (SSSR count). The second-order valence-electron chi connectivity index (χ2n) is 5.34. The molecule has 110 valence electrons. The smallest absolute Gasteiger partial charge is 0.220 e. The van der Waals surface area contributed by atoms with E-state index >= 15 is 0 Å². The summed E-state index contributed by atoms with van der Waals surface area (Å²) in [5, 5.41) is 5.22. The normalized spacial score (nSPS) is 20.0. The maximum atomic E-state index is 12.0. The molecule has 2 unspecified atom stereocenters. The van der Waals surface area contributed by atoms with Crippen molar-refractivity contribution in [2.75, 3.05) is 7.11 Å². The molecule has 2 atom stereocenters.